The molecule has 2 aromatic rings. The van der Waals surface area contributed by atoms with Gasteiger partial charge < -0.3 is 19.3 Å². The number of nitrogens with zero attached hydrogens (tertiary/aromatic N) is 5. The maximum absolute atomic E-state index is 11.6. The molecule has 0 spiro atoms. The Balaban J connectivity index is 1.68. The molecule has 3 heterocycles. The molecule has 0 saturated carbocycles. The van der Waals surface area contributed by atoms with Crippen molar-refractivity contribution in [1.29, 1.82) is 0 Å². The van der Waals surface area contributed by atoms with Crippen molar-refractivity contribution >= 4 is 17.6 Å². The first-order chi connectivity index (χ1) is 12.1. The Morgan fingerprint density at radius 2 is 1.84 bits per heavy atom. The average molecular weight is 343 g/mol. The molecule has 1 aliphatic rings. The summed E-state index contributed by atoms with van der Waals surface area (Å²) in [4.78, 5) is 29.0. The van der Waals surface area contributed by atoms with E-state index in [2.05, 4.69) is 24.8 Å². The third kappa shape index (κ3) is 3.62. The first kappa shape index (κ1) is 16.9. The molecule has 0 amide bonds. The number of carbonyl (C=O) groups excluding carboxylic acids is 1. The van der Waals surface area contributed by atoms with E-state index in [0.717, 1.165) is 37.4 Å². The van der Waals surface area contributed by atoms with Crippen LogP contribution in [-0.2, 0) is 4.74 Å². The Bertz CT molecular complexity index is 760. The zero-order valence-corrected chi connectivity index (χ0v) is 14.6. The number of esters is 1. The van der Waals surface area contributed by atoms with Gasteiger partial charge >= 0.3 is 5.97 Å². The fourth-order valence-corrected chi connectivity index (χ4v) is 2.81. The zero-order valence-electron chi connectivity index (χ0n) is 14.6. The molecule has 1 fully saturated rings. The molecule has 1 saturated heterocycles. The van der Waals surface area contributed by atoms with Crippen molar-refractivity contribution in [1.82, 2.24) is 15.0 Å². The summed E-state index contributed by atoms with van der Waals surface area (Å²) in [7, 11) is 2.95. The molecule has 0 unspecified atom stereocenters. The highest BCUT2D eigenvalue weighted by Crippen LogP contribution is 2.21. The lowest BCUT2D eigenvalue weighted by Crippen LogP contribution is -2.47. The molecule has 132 valence electrons. The van der Waals surface area contributed by atoms with E-state index >= 15 is 0 Å². The van der Waals surface area contributed by atoms with E-state index in [1.165, 1.54) is 7.11 Å². The Labute approximate surface area is 146 Å². The summed E-state index contributed by atoms with van der Waals surface area (Å²) in [5, 5.41) is 0. The molecule has 3 rings (SSSR count). The summed E-state index contributed by atoms with van der Waals surface area (Å²) in [6.07, 6.45) is 3.42. The molecule has 0 N–H and O–H groups in total. The van der Waals surface area contributed by atoms with Gasteiger partial charge in [0, 0.05) is 38.4 Å². The predicted molar refractivity (Wildman–Crippen MR) is 93.3 cm³/mol. The number of hydrogen-bond acceptors (Lipinski definition) is 8. The van der Waals surface area contributed by atoms with Crippen LogP contribution in [0.3, 0.4) is 0 Å². The largest absolute Gasteiger partial charge is 0.481 e. The summed E-state index contributed by atoms with van der Waals surface area (Å²) >= 11 is 0. The van der Waals surface area contributed by atoms with Gasteiger partial charge in [0.15, 0.2) is 5.69 Å². The van der Waals surface area contributed by atoms with Gasteiger partial charge in [-0.3, -0.25) is 0 Å². The van der Waals surface area contributed by atoms with Crippen molar-refractivity contribution in [3.8, 4) is 5.88 Å². The zero-order chi connectivity index (χ0) is 17.8. The summed E-state index contributed by atoms with van der Waals surface area (Å²) in [5.74, 6) is 0.823. The Kier molecular flexibility index (Phi) is 4.97. The number of piperazine rings is 1. The molecule has 0 bridgehead atoms. The van der Waals surface area contributed by atoms with Crippen LogP contribution in [0.15, 0.2) is 24.5 Å². The van der Waals surface area contributed by atoms with Crippen LogP contribution in [0.5, 0.6) is 5.88 Å². The second kappa shape index (κ2) is 7.33. The monoisotopic (exact) mass is 343 g/mol. The topological polar surface area (TPSA) is 80.7 Å². The fourth-order valence-electron chi connectivity index (χ4n) is 2.81. The second-order valence-electron chi connectivity index (χ2n) is 5.72. The minimum absolute atomic E-state index is 0.356. The molecule has 0 aromatic carbocycles. The maximum Gasteiger partial charge on any atom is 0.356 e. The second-order valence-corrected chi connectivity index (χ2v) is 5.72. The highest BCUT2D eigenvalue weighted by atomic mass is 16.5. The van der Waals surface area contributed by atoms with E-state index in [1.807, 2.05) is 13.0 Å². The van der Waals surface area contributed by atoms with E-state index < -0.39 is 5.97 Å². The van der Waals surface area contributed by atoms with Crippen molar-refractivity contribution in [2.45, 2.75) is 6.92 Å². The Morgan fingerprint density at radius 3 is 2.48 bits per heavy atom. The van der Waals surface area contributed by atoms with Crippen LogP contribution in [0.2, 0.25) is 0 Å². The third-order valence-electron chi connectivity index (χ3n) is 4.20. The molecule has 8 nitrogen and oxygen atoms in total. The van der Waals surface area contributed by atoms with Crippen molar-refractivity contribution in [3.63, 3.8) is 0 Å². The van der Waals surface area contributed by atoms with E-state index in [-0.39, 0.29) is 0 Å². The van der Waals surface area contributed by atoms with Crippen LogP contribution < -0.4 is 14.5 Å². The molecule has 0 radical (unpaired) electrons. The van der Waals surface area contributed by atoms with E-state index in [4.69, 9.17) is 9.47 Å². The van der Waals surface area contributed by atoms with Gasteiger partial charge in [0.25, 0.3) is 0 Å². The van der Waals surface area contributed by atoms with Gasteiger partial charge in [-0.1, -0.05) is 0 Å². The van der Waals surface area contributed by atoms with Crippen LogP contribution in [0.4, 0.5) is 11.6 Å². The number of hydrogen-bond donors (Lipinski definition) is 0. The number of ether oxygens (including phenoxy) is 2. The molecule has 0 aliphatic carbocycles. The van der Waals surface area contributed by atoms with Gasteiger partial charge in [0.1, 0.15) is 0 Å². The van der Waals surface area contributed by atoms with Gasteiger partial charge in [-0.05, 0) is 18.6 Å². The number of carbonyl (C=O) groups is 1. The quantitative estimate of drug-likeness (QED) is 0.769. The summed E-state index contributed by atoms with van der Waals surface area (Å²) in [6, 6.07) is 3.70. The van der Waals surface area contributed by atoms with Crippen LogP contribution in [0.1, 0.15) is 16.1 Å². The lowest BCUT2D eigenvalue weighted by molar-refractivity contribution is 0.0593. The average Bonchev–Trinajstić information content (AvgIpc) is 2.67. The van der Waals surface area contributed by atoms with Gasteiger partial charge in [-0.2, -0.15) is 4.98 Å². The SMILES string of the molecule is COC(=O)c1ncc(N2CCN(c3nccc(OC)n3)CC2)cc1C. The molecule has 25 heavy (non-hydrogen) atoms. The van der Waals surface area contributed by atoms with Crippen LogP contribution in [0.25, 0.3) is 0 Å². The smallest absolute Gasteiger partial charge is 0.356 e. The van der Waals surface area contributed by atoms with E-state index in [9.17, 15) is 4.79 Å². The first-order valence-electron chi connectivity index (χ1n) is 8.04. The maximum atomic E-state index is 11.6. The summed E-state index contributed by atoms with van der Waals surface area (Å²) in [5.41, 5.74) is 2.16. The van der Waals surface area contributed by atoms with E-state index in [1.54, 1.807) is 25.6 Å². The normalized spacial score (nSPS) is 14.4. The van der Waals surface area contributed by atoms with Crippen LogP contribution in [-0.4, -0.2) is 61.3 Å². The van der Waals surface area contributed by atoms with E-state index in [0.29, 0.717) is 17.5 Å². The van der Waals surface area contributed by atoms with Crippen molar-refractivity contribution in [3.05, 3.63) is 35.8 Å². The first-order valence-corrected chi connectivity index (χ1v) is 8.04. The Hall–Kier alpha value is -2.90. The van der Waals surface area contributed by atoms with Gasteiger partial charge in [-0.15, -0.1) is 0 Å². The predicted octanol–water partition coefficient (Wildman–Crippen LogP) is 1.30. The van der Waals surface area contributed by atoms with Crippen LogP contribution >= 0.6 is 0 Å². The minimum Gasteiger partial charge on any atom is -0.481 e. The molecule has 2 aromatic heterocycles. The summed E-state index contributed by atoms with van der Waals surface area (Å²) in [6.45, 7) is 5.09. The minimum atomic E-state index is -0.413. The van der Waals surface area contributed by atoms with Gasteiger partial charge in [-0.25, -0.2) is 14.8 Å². The molecule has 0 atom stereocenters. The highest BCUT2D eigenvalue weighted by molar-refractivity contribution is 5.89. The third-order valence-corrected chi connectivity index (χ3v) is 4.20. The van der Waals surface area contributed by atoms with Crippen LogP contribution in [0, 0.1) is 6.92 Å². The number of anilines is 2. The fraction of sp³-hybridized carbons (Fsp3) is 0.412. The molecular weight excluding hydrogens is 322 g/mol. The lowest BCUT2D eigenvalue weighted by Gasteiger charge is -2.36. The number of aryl methyl sites for hydroxylation is 1. The molecule has 1 aliphatic heterocycles. The van der Waals surface area contributed by atoms with Crippen molar-refractivity contribution in [2.24, 2.45) is 0 Å². The van der Waals surface area contributed by atoms with Crippen molar-refractivity contribution < 1.29 is 14.3 Å². The highest BCUT2D eigenvalue weighted by Gasteiger charge is 2.21. The lowest BCUT2D eigenvalue weighted by atomic mass is 10.2. The van der Waals surface area contributed by atoms with Crippen molar-refractivity contribution in [2.75, 3.05) is 50.2 Å². The number of methoxy groups -OCH3 is 2. The number of pyridine rings is 1. The van der Waals surface area contributed by atoms with Gasteiger partial charge in [0.2, 0.25) is 11.8 Å². The Morgan fingerprint density at radius 1 is 1.12 bits per heavy atom. The van der Waals surface area contributed by atoms with Gasteiger partial charge in [0.05, 0.1) is 26.1 Å². The number of aromatic nitrogens is 3. The number of rotatable bonds is 4. The molecular formula is C17H21N5O3. The standard InChI is InChI=1S/C17H21N5O3/c1-12-10-13(11-19-15(12)16(23)25-3)21-6-8-22(9-7-21)17-18-5-4-14(20-17)24-2/h4-5,10-11H,6-9H2,1-3H3. The molecule has 8 heteroatoms. The summed E-state index contributed by atoms with van der Waals surface area (Å²) < 4.78 is 9.89.